The van der Waals surface area contributed by atoms with E-state index in [1.165, 1.54) is 0 Å². The number of hydrogen-bond acceptors (Lipinski definition) is 4. The van der Waals surface area contributed by atoms with Crippen molar-refractivity contribution in [1.82, 2.24) is 9.97 Å². The molecule has 7 heteroatoms. The third-order valence-corrected chi connectivity index (χ3v) is 5.24. The van der Waals surface area contributed by atoms with E-state index in [4.69, 9.17) is 0 Å². The van der Waals surface area contributed by atoms with Crippen molar-refractivity contribution in [2.45, 2.75) is 35.9 Å². The number of rotatable bonds is 5. The number of halogens is 3. The maximum Gasteiger partial charge on any atom is 0.420 e. The van der Waals surface area contributed by atoms with Crippen molar-refractivity contribution >= 4 is 23.4 Å². The molecule has 0 aliphatic heterocycles. The smallest absolute Gasteiger partial charge is 0.314 e. The van der Waals surface area contributed by atoms with Crippen LogP contribution in [0.4, 0.5) is 24.8 Å². The summed E-state index contributed by atoms with van der Waals surface area (Å²) < 4.78 is 40.3. The summed E-state index contributed by atoms with van der Waals surface area (Å²) in [4.78, 5) is 10.6. The SMILES string of the molecule is CC(C)c1cccc(N(C)c2ncc(C(F)(F)F)c(Sc3ccccc3)n2)c1. The van der Waals surface area contributed by atoms with Gasteiger partial charge in [-0.2, -0.15) is 13.2 Å². The van der Waals surface area contributed by atoms with Crippen LogP contribution in [-0.2, 0) is 6.18 Å². The van der Waals surface area contributed by atoms with E-state index < -0.39 is 11.7 Å². The number of hydrogen-bond donors (Lipinski definition) is 0. The number of benzene rings is 2. The predicted octanol–water partition coefficient (Wildman–Crippen LogP) is 6.54. The summed E-state index contributed by atoms with van der Waals surface area (Å²) in [5.74, 6) is 0.554. The Morgan fingerprint density at radius 2 is 1.71 bits per heavy atom. The first-order valence-corrected chi connectivity index (χ1v) is 9.58. The van der Waals surface area contributed by atoms with Gasteiger partial charge in [0.2, 0.25) is 5.95 Å². The standard InChI is InChI=1S/C21H20F3N3S/c1-14(2)15-8-7-9-16(12-15)27(3)20-25-13-18(21(22,23)24)19(26-20)28-17-10-5-4-6-11-17/h4-14H,1-3H3. The Kier molecular flexibility index (Phi) is 5.93. The molecular weight excluding hydrogens is 383 g/mol. The Bertz CT molecular complexity index is 943. The fourth-order valence-corrected chi connectivity index (χ4v) is 3.52. The quantitative estimate of drug-likeness (QED) is 0.453. The monoisotopic (exact) mass is 403 g/mol. The second kappa shape index (κ2) is 8.22. The second-order valence-electron chi connectivity index (χ2n) is 6.61. The molecule has 0 N–H and O–H groups in total. The van der Waals surface area contributed by atoms with Crippen LogP contribution < -0.4 is 4.90 Å². The first-order chi connectivity index (χ1) is 13.3. The molecule has 0 unspecified atom stereocenters. The molecule has 0 aliphatic carbocycles. The van der Waals surface area contributed by atoms with Crippen LogP contribution in [0.5, 0.6) is 0 Å². The maximum absolute atomic E-state index is 13.4. The summed E-state index contributed by atoms with van der Waals surface area (Å²) in [6.45, 7) is 4.17. The molecule has 1 aromatic heterocycles. The highest BCUT2D eigenvalue weighted by molar-refractivity contribution is 7.99. The zero-order valence-corrected chi connectivity index (χ0v) is 16.6. The number of alkyl halides is 3. The van der Waals surface area contributed by atoms with Crippen molar-refractivity contribution in [1.29, 1.82) is 0 Å². The summed E-state index contributed by atoms with van der Waals surface area (Å²) in [6, 6.07) is 16.7. The van der Waals surface area contributed by atoms with Crippen molar-refractivity contribution in [2.24, 2.45) is 0 Å². The molecular formula is C21H20F3N3S. The van der Waals surface area contributed by atoms with Gasteiger partial charge in [-0.3, -0.25) is 0 Å². The van der Waals surface area contributed by atoms with Gasteiger partial charge in [0.25, 0.3) is 0 Å². The summed E-state index contributed by atoms with van der Waals surface area (Å²) in [5, 5.41) is -0.115. The molecule has 2 aromatic carbocycles. The number of aromatic nitrogens is 2. The van der Waals surface area contributed by atoms with E-state index >= 15 is 0 Å². The lowest BCUT2D eigenvalue weighted by molar-refractivity contribution is -0.140. The Hall–Kier alpha value is -2.54. The van der Waals surface area contributed by atoms with Crippen LogP contribution in [-0.4, -0.2) is 17.0 Å². The van der Waals surface area contributed by atoms with Crippen molar-refractivity contribution in [3.63, 3.8) is 0 Å². The van der Waals surface area contributed by atoms with Crippen LogP contribution >= 0.6 is 11.8 Å². The summed E-state index contributed by atoms with van der Waals surface area (Å²) in [7, 11) is 1.75. The minimum absolute atomic E-state index is 0.115. The Morgan fingerprint density at radius 3 is 2.36 bits per heavy atom. The molecule has 28 heavy (non-hydrogen) atoms. The van der Waals surface area contributed by atoms with Crippen LogP contribution in [0.2, 0.25) is 0 Å². The summed E-state index contributed by atoms with van der Waals surface area (Å²) in [5.41, 5.74) is 1.12. The molecule has 146 valence electrons. The molecule has 0 aliphatic rings. The number of anilines is 2. The zero-order valence-electron chi connectivity index (χ0n) is 15.7. The van der Waals surface area contributed by atoms with E-state index in [0.717, 1.165) is 29.2 Å². The molecule has 0 amide bonds. The molecule has 3 rings (SSSR count). The highest BCUT2D eigenvalue weighted by atomic mass is 32.2. The molecule has 0 saturated carbocycles. The van der Waals surface area contributed by atoms with Crippen LogP contribution in [0.3, 0.4) is 0 Å². The maximum atomic E-state index is 13.4. The zero-order chi connectivity index (χ0) is 20.3. The minimum Gasteiger partial charge on any atom is -0.314 e. The van der Waals surface area contributed by atoms with Crippen molar-refractivity contribution in [2.75, 3.05) is 11.9 Å². The van der Waals surface area contributed by atoms with Gasteiger partial charge >= 0.3 is 6.18 Å². The van der Waals surface area contributed by atoms with E-state index in [1.807, 2.05) is 30.3 Å². The lowest BCUT2D eigenvalue weighted by atomic mass is 10.0. The molecule has 0 fully saturated rings. The van der Waals surface area contributed by atoms with Crippen molar-refractivity contribution in [3.8, 4) is 0 Å². The third-order valence-electron chi connectivity index (χ3n) is 4.23. The van der Waals surface area contributed by atoms with Gasteiger partial charge in [-0.05, 0) is 35.7 Å². The normalized spacial score (nSPS) is 11.7. The first kappa shape index (κ1) is 20.2. The van der Waals surface area contributed by atoms with Crippen LogP contribution in [0.1, 0.15) is 30.9 Å². The lowest BCUT2D eigenvalue weighted by Crippen LogP contribution is -2.16. The number of nitrogens with zero attached hydrogens (tertiary/aromatic N) is 3. The molecule has 0 spiro atoms. The van der Waals surface area contributed by atoms with Gasteiger partial charge < -0.3 is 4.90 Å². The first-order valence-electron chi connectivity index (χ1n) is 8.76. The molecule has 3 nitrogen and oxygen atoms in total. The molecule has 0 saturated heterocycles. The van der Waals surface area contributed by atoms with Crippen molar-refractivity contribution < 1.29 is 13.2 Å². The van der Waals surface area contributed by atoms with Gasteiger partial charge in [0, 0.05) is 23.8 Å². The van der Waals surface area contributed by atoms with Crippen LogP contribution in [0.15, 0.2) is 70.7 Å². The largest absolute Gasteiger partial charge is 0.420 e. The topological polar surface area (TPSA) is 29.0 Å². The highest BCUT2D eigenvalue weighted by Crippen LogP contribution is 2.39. The van der Waals surface area contributed by atoms with E-state index in [-0.39, 0.29) is 11.0 Å². The summed E-state index contributed by atoms with van der Waals surface area (Å²) in [6.07, 6.45) is -3.66. The Balaban J connectivity index is 2.00. The van der Waals surface area contributed by atoms with Gasteiger partial charge in [-0.1, -0.05) is 55.9 Å². The Labute approximate surface area is 166 Å². The van der Waals surface area contributed by atoms with Gasteiger partial charge in [0.1, 0.15) is 10.6 Å². The molecule has 0 bridgehead atoms. The van der Waals surface area contributed by atoms with E-state index in [0.29, 0.717) is 10.8 Å². The fourth-order valence-electron chi connectivity index (χ4n) is 2.60. The lowest BCUT2D eigenvalue weighted by Gasteiger charge is -2.20. The fraction of sp³-hybridized carbons (Fsp3) is 0.238. The van der Waals surface area contributed by atoms with E-state index in [9.17, 15) is 13.2 Å². The van der Waals surface area contributed by atoms with Gasteiger partial charge in [0.15, 0.2) is 0 Å². The van der Waals surface area contributed by atoms with Gasteiger partial charge in [-0.15, -0.1) is 0 Å². The Morgan fingerprint density at radius 1 is 1.00 bits per heavy atom. The molecule has 0 radical (unpaired) electrons. The van der Waals surface area contributed by atoms with E-state index in [2.05, 4.69) is 23.8 Å². The average molecular weight is 403 g/mol. The van der Waals surface area contributed by atoms with Crippen LogP contribution in [0, 0.1) is 0 Å². The molecule has 1 heterocycles. The van der Waals surface area contributed by atoms with Crippen molar-refractivity contribution in [3.05, 3.63) is 71.9 Å². The summed E-state index contributed by atoms with van der Waals surface area (Å²) >= 11 is 0.978. The van der Waals surface area contributed by atoms with E-state index in [1.54, 1.807) is 36.2 Å². The second-order valence-corrected chi connectivity index (χ2v) is 7.67. The third kappa shape index (κ3) is 4.65. The average Bonchev–Trinajstić information content (AvgIpc) is 2.67. The van der Waals surface area contributed by atoms with Gasteiger partial charge in [-0.25, -0.2) is 9.97 Å². The molecule has 3 aromatic rings. The minimum atomic E-state index is -4.52. The molecule has 0 atom stereocenters. The van der Waals surface area contributed by atoms with Gasteiger partial charge in [0.05, 0.1) is 0 Å². The van der Waals surface area contributed by atoms with Crippen LogP contribution in [0.25, 0.3) is 0 Å². The highest BCUT2D eigenvalue weighted by Gasteiger charge is 2.35. The predicted molar refractivity (Wildman–Crippen MR) is 106 cm³/mol.